The molecule has 0 unspecified atom stereocenters. The van der Waals surface area contributed by atoms with Gasteiger partial charge in [-0.1, -0.05) is 12.1 Å². The summed E-state index contributed by atoms with van der Waals surface area (Å²) >= 11 is 0. The second-order valence-electron chi connectivity index (χ2n) is 4.70. The summed E-state index contributed by atoms with van der Waals surface area (Å²) in [6.07, 6.45) is 0.336. The van der Waals surface area contributed by atoms with E-state index in [4.69, 9.17) is 5.73 Å². The molecule has 114 valence electrons. The van der Waals surface area contributed by atoms with E-state index in [0.717, 1.165) is 11.3 Å². The summed E-state index contributed by atoms with van der Waals surface area (Å²) in [6, 6.07) is 7.14. The third-order valence-corrected chi connectivity index (χ3v) is 3.09. The van der Waals surface area contributed by atoms with Crippen molar-refractivity contribution >= 4 is 17.2 Å². The molecule has 2 aromatic heterocycles. The summed E-state index contributed by atoms with van der Waals surface area (Å²) in [5.41, 5.74) is 8.21. The van der Waals surface area contributed by atoms with Gasteiger partial charge in [0.15, 0.2) is 11.5 Å². The predicted octanol–water partition coefficient (Wildman–Crippen LogP) is 2.95. The van der Waals surface area contributed by atoms with Gasteiger partial charge in [0.05, 0.1) is 11.9 Å². The van der Waals surface area contributed by atoms with Crippen molar-refractivity contribution in [3.8, 4) is 11.3 Å². The molecule has 3 rings (SSSR count). The van der Waals surface area contributed by atoms with E-state index in [0.29, 0.717) is 11.3 Å². The minimum Gasteiger partial charge on any atom is -0.399 e. The zero-order chi connectivity index (χ0) is 15.7. The molecule has 0 aliphatic heterocycles. The molecule has 0 fully saturated rings. The standard InChI is InChI=1S/C14H12F3N5/c15-14(16,17)8-21-12-13-20-7-11(22(13)6-5-19-12)9-1-3-10(18)4-2-9/h1-7H,8,18H2,(H,19,21). The fourth-order valence-corrected chi connectivity index (χ4v) is 2.10. The maximum absolute atomic E-state index is 12.3. The minimum atomic E-state index is -4.32. The number of hydrogen-bond acceptors (Lipinski definition) is 4. The van der Waals surface area contributed by atoms with E-state index in [1.807, 2.05) is 12.1 Å². The van der Waals surface area contributed by atoms with Crippen LogP contribution in [-0.2, 0) is 0 Å². The van der Waals surface area contributed by atoms with E-state index in [1.165, 1.54) is 6.20 Å². The van der Waals surface area contributed by atoms with E-state index < -0.39 is 12.7 Å². The summed E-state index contributed by atoms with van der Waals surface area (Å²) in [6.45, 7) is -1.16. The van der Waals surface area contributed by atoms with Crippen molar-refractivity contribution in [2.24, 2.45) is 0 Å². The smallest absolute Gasteiger partial charge is 0.399 e. The number of rotatable bonds is 3. The van der Waals surface area contributed by atoms with Crippen molar-refractivity contribution in [1.82, 2.24) is 14.4 Å². The van der Waals surface area contributed by atoms with Gasteiger partial charge in [-0.15, -0.1) is 0 Å². The van der Waals surface area contributed by atoms with Crippen LogP contribution < -0.4 is 11.1 Å². The average molecular weight is 307 g/mol. The highest BCUT2D eigenvalue weighted by atomic mass is 19.4. The molecule has 3 N–H and O–H groups in total. The largest absolute Gasteiger partial charge is 0.405 e. The number of benzene rings is 1. The van der Waals surface area contributed by atoms with Gasteiger partial charge >= 0.3 is 6.18 Å². The first-order valence-corrected chi connectivity index (χ1v) is 6.43. The average Bonchev–Trinajstić information content (AvgIpc) is 2.89. The molecule has 0 aliphatic carbocycles. The number of nitrogens with two attached hydrogens (primary N) is 1. The lowest BCUT2D eigenvalue weighted by Crippen LogP contribution is -2.22. The van der Waals surface area contributed by atoms with Crippen LogP contribution in [0.2, 0.25) is 0 Å². The molecule has 0 saturated carbocycles. The number of fused-ring (bicyclic) bond motifs is 1. The molecule has 1 aromatic carbocycles. The highest BCUT2D eigenvalue weighted by Crippen LogP contribution is 2.24. The maximum Gasteiger partial charge on any atom is 0.405 e. The Bertz CT molecular complexity index is 792. The summed E-state index contributed by atoms with van der Waals surface area (Å²) < 4.78 is 38.6. The van der Waals surface area contributed by atoms with Gasteiger partial charge in [-0.2, -0.15) is 13.2 Å². The highest BCUT2D eigenvalue weighted by Gasteiger charge is 2.27. The molecule has 0 spiro atoms. The third-order valence-electron chi connectivity index (χ3n) is 3.09. The predicted molar refractivity (Wildman–Crippen MR) is 77.4 cm³/mol. The summed E-state index contributed by atoms with van der Waals surface area (Å²) in [4.78, 5) is 8.07. The Labute approximate surface area is 123 Å². The normalized spacial score (nSPS) is 11.8. The van der Waals surface area contributed by atoms with Gasteiger partial charge in [-0.05, 0) is 12.1 Å². The molecule has 0 bridgehead atoms. The van der Waals surface area contributed by atoms with E-state index in [9.17, 15) is 13.2 Å². The first-order chi connectivity index (χ1) is 10.4. The number of anilines is 2. The van der Waals surface area contributed by atoms with Crippen LogP contribution in [0.1, 0.15) is 0 Å². The molecule has 0 atom stereocenters. The summed E-state index contributed by atoms with van der Waals surface area (Å²) in [5, 5.41) is 2.26. The van der Waals surface area contributed by atoms with Crippen LogP contribution in [0.25, 0.3) is 16.9 Å². The van der Waals surface area contributed by atoms with Crippen molar-refractivity contribution in [2.75, 3.05) is 17.6 Å². The van der Waals surface area contributed by atoms with Crippen LogP contribution in [0.4, 0.5) is 24.7 Å². The van der Waals surface area contributed by atoms with Gasteiger partial charge < -0.3 is 11.1 Å². The van der Waals surface area contributed by atoms with Crippen molar-refractivity contribution in [1.29, 1.82) is 0 Å². The Morgan fingerprint density at radius 2 is 1.86 bits per heavy atom. The molecule has 22 heavy (non-hydrogen) atoms. The summed E-state index contributed by atoms with van der Waals surface area (Å²) in [5.74, 6) is 0.0847. The van der Waals surface area contributed by atoms with E-state index in [2.05, 4.69) is 15.3 Å². The molecule has 0 radical (unpaired) electrons. The quantitative estimate of drug-likeness (QED) is 0.730. The molecule has 0 aliphatic rings. The second kappa shape index (κ2) is 5.21. The first kappa shape index (κ1) is 14.2. The number of aromatic nitrogens is 3. The molecular weight excluding hydrogens is 295 g/mol. The Morgan fingerprint density at radius 1 is 1.14 bits per heavy atom. The number of nitrogens with one attached hydrogen (secondary N) is 1. The number of imidazole rings is 1. The van der Waals surface area contributed by atoms with Gasteiger partial charge in [0.2, 0.25) is 0 Å². The lowest BCUT2D eigenvalue weighted by Gasteiger charge is -2.10. The first-order valence-electron chi connectivity index (χ1n) is 6.43. The number of halogens is 3. The zero-order valence-corrected chi connectivity index (χ0v) is 11.3. The number of nitrogen functional groups attached to an aromatic ring is 1. The van der Waals surface area contributed by atoms with Crippen molar-refractivity contribution in [3.05, 3.63) is 42.9 Å². The topological polar surface area (TPSA) is 68.2 Å². The number of hydrogen-bond donors (Lipinski definition) is 2. The molecule has 3 aromatic rings. The Hall–Kier alpha value is -2.77. The highest BCUT2D eigenvalue weighted by molar-refractivity contribution is 5.71. The number of nitrogens with zero attached hydrogens (tertiary/aromatic N) is 3. The van der Waals surface area contributed by atoms with Crippen molar-refractivity contribution in [3.63, 3.8) is 0 Å². The van der Waals surface area contributed by atoms with Crippen LogP contribution in [0.15, 0.2) is 42.9 Å². The SMILES string of the molecule is Nc1ccc(-c2cnc3c(NCC(F)(F)F)nccn23)cc1. The van der Waals surface area contributed by atoms with E-state index >= 15 is 0 Å². The van der Waals surface area contributed by atoms with Gasteiger partial charge in [-0.3, -0.25) is 4.40 Å². The Kier molecular flexibility index (Phi) is 3.36. The minimum absolute atomic E-state index is 0.0847. The van der Waals surface area contributed by atoms with E-state index in [-0.39, 0.29) is 5.82 Å². The van der Waals surface area contributed by atoms with Crippen molar-refractivity contribution < 1.29 is 13.2 Å². The fourth-order valence-electron chi connectivity index (χ4n) is 2.10. The second-order valence-corrected chi connectivity index (χ2v) is 4.70. The monoisotopic (exact) mass is 307 g/mol. The van der Waals surface area contributed by atoms with Crippen molar-refractivity contribution in [2.45, 2.75) is 6.18 Å². The van der Waals surface area contributed by atoms with Crippen LogP contribution in [0.5, 0.6) is 0 Å². The fraction of sp³-hybridized carbons (Fsp3) is 0.143. The van der Waals surface area contributed by atoms with E-state index in [1.54, 1.807) is 28.9 Å². The molecule has 8 heteroatoms. The zero-order valence-electron chi connectivity index (χ0n) is 11.3. The Morgan fingerprint density at radius 3 is 2.55 bits per heavy atom. The third kappa shape index (κ3) is 2.80. The molecule has 5 nitrogen and oxygen atoms in total. The van der Waals surface area contributed by atoms with Crippen LogP contribution in [-0.4, -0.2) is 27.1 Å². The lowest BCUT2D eigenvalue weighted by atomic mass is 10.1. The van der Waals surface area contributed by atoms with Crippen LogP contribution in [0.3, 0.4) is 0 Å². The molecule has 0 amide bonds. The summed E-state index contributed by atoms with van der Waals surface area (Å²) in [7, 11) is 0. The van der Waals surface area contributed by atoms with Gasteiger partial charge in [0, 0.05) is 23.6 Å². The number of alkyl halides is 3. The Balaban J connectivity index is 2.00. The van der Waals surface area contributed by atoms with Gasteiger partial charge in [0.1, 0.15) is 6.54 Å². The van der Waals surface area contributed by atoms with Crippen LogP contribution in [0, 0.1) is 0 Å². The molecule has 2 heterocycles. The molecular formula is C14H12F3N5. The van der Waals surface area contributed by atoms with Crippen LogP contribution >= 0.6 is 0 Å². The lowest BCUT2D eigenvalue weighted by molar-refractivity contribution is -0.115. The van der Waals surface area contributed by atoms with Gasteiger partial charge in [0.25, 0.3) is 0 Å². The maximum atomic E-state index is 12.3. The van der Waals surface area contributed by atoms with Gasteiger partial charge in [-0.25, -0.2) is 9.97 Å². The molecule has 0 saturated heterocycles.